The van der Waals surface area contributed by atoms with Crippen molar-refractivity contribution in [1.29, 1.82) is 0 Å². The van der Waals surface area contributed by atoms with E-state index < -0.39 is 8.80 Å². The molecular weight excluding hydrogens is 184 g/mol. The van der Waals surface area contributed by atoms with Gasteiger partial charge in [0.05, 0.1) is 0 Å². The molecule has 1 heteroatoms. The number of hydrogen-bond acceptors (Lipinski definition) is 0. The minimum Gasteiger partial charge on any atom is -0.107 e. The van der Waals surface area contributed by atoms with Gasteiger partial charge in [0, 0.05) is 0 Å². The number of rotatable bonds is 5. The zero-order valence-electron chi connectivity index (χ0n) is 9.22. The predicted octanol–water partition coefficient (Wildman–Crippen LogP) is 3.09. The molecule has 0 fully saturated rings. The minimum absolute atomic E-state index is 0.502. The molecule has 1 rings (SSSR count). The molecule has 1 radical (unpaired) electrons. The molecule has 14 heavy (non-hydrogen) atoms. The van der Waals surface area contributed by atoms with E-state index in [1.54, 1.807) is 5.19 Å². The molecule has 0 aromatic heterocycles. The summed E-state index contributed by atoms with van der Waals surface area (Å²) < 4.78 is 0. The Morgan fingerprint density at radius 1 is 1.36 bits per heavy atom. The summed E-state index contributed by atoms with van der Waals surface area (Å²) in [5.74, 6) is 0. The van der Waals surface area contributed by atoms with Crippen LogP contribution in [0.4, 0.5) is 0 Å². The Kier molecular flexibility index (Phi) is 4.67. The highest BCUT2D eigenvalue weighted by Crippen LogP contribution is 2.04. The summed E-state index contributed by atoms with van der Waals surface area (Å²) in [4.78, 5) is 0. The van der Waals surface area contributed by atoms with E-state index in [1.165, 1.54) is 24.8 Å². The first-order valence-electron chi connectivity index (χ1n) is 5.33. The second kappa shape index (κ2) is 5.81. The van der Waals surface area contributed by atoms with Crippen molar-refractivity contribution in [3.8, 4) is 0 Å². The van der Waals surface area contributed by atoms with Crippen molar-refractivity contribution < 1.29 is 0 Å². The Labute approximate surface area is 89.3 Å². The largest absolute Gasteiger partial charge is 0.109 e. The lowest BCUT2D eigenvalue weighted by Crippen LogP contribution is -2.27. The lowest BCUT2D eigenvalue weighted by molar-refractivity contribution is 0.797. The molecule has 0 aliphatic rings. The molecule has 0 heterocycles. The Balaban J connectivity index is 2.85. The fourth-order valence-corrected chi connectivity index (χ4v) is 2.89. The van der Waals surface area contributed by atoms with Crippen molar-refractivity contribution in [2.24, 2.45) is 0 Å². The third-order valence-corrected chi connectivity index (χ3v) is 4.50. The van der Waals surface area contributed by atoms with Crippen LogP contribution >= 0.6 is 0 Å². The molecular formula is C13H19Si. The first kappa shape index (κ1) is 11.3. The molecule has 0 saturated carbocycles. The number of hydrogen-bond donors (Lipinski definition) is 0. The molecule has 0 saturated heterocycles. The van der Waals surface area contributed by atoms with Crippen LogP contribution in [0.15, 0.2) is 36.5 Å². The van der Waals surface area contributed by atoms with Crippen molar-refractivity contribution in [2.45, 2.75) is 32.7 Å². The van der Waals surface area contributed by atoms with Gasteiger partial charge in [-0.05, 0) is 18.4 Å². The quantitative estimate of drug-likeness (QED) is 0.645. The van der Waals surface area contributed by atoms with Crippen LogP contribution in [0.2, 0.25) is 6.55 Å². The summed E-state index contributed by atoms with van der Waals surface area (Å²) in [5.41, 5.74) is 3.65. The van der Waals surface area contributed by atoms with Crippen molar-refractivity contribution in [3.05, 3.63) is 42.1 Å². The van der Waals surface area contributed by atoms with E-state index in [0.717, 1.165) is 0 Å². The fourth-order valence-electron chi connectivity index (χ4n) is 1.60. The maximum absolute atomic E-state index is 3.90. The molecule has 0 aliphatic heterocycles. The van der Waals surface area contributed by atoms with E-state index in [4.69, 9.17) is 0 Å². The molecule has 1 aromatic rings. The van der Waals surface area contributed by atoms with Crippen LogP contribution in [0.5, 0.6) is 0 Å². The third-order valence-electron chi connectivity index (χ3n) is 2.55. The summed E-state index contributed by atoms with van der Waals surface area (Å²) in [6, 6.07) is 8.82. The molecule has 0 bridgehead atoms. The van der Waals surface area contributed by atoms with Gasteiger partial charge in [-0.2, -0.15) is 0 Å². The summed E-state index contributed by atoms with van der Waals surface area (Å²) in [5, 5.41) is 1.54. The average Bonchev–Trinajstić information content (AvgIpc) is 2.25. The van der Waals surface area contributed by atoms with Crippen LogP contribution in [0.1, 0.15) is 25.3 Å². The Morgan fingerprint density at radius 2 is 2.07 bits per heavy atom. The second-order valence-electron chi connectivity index (χ2n) is 3.65. The molecule has 1 aromatic carbocycles. The van der Waals surface area contributed by atoms with Gasteiger partial charge >= 0.3 is 0 Å². The van der Waals surface area contributed by atoms with Gasteiger partial charge in [-0.1, -0.05) is 55.0 Å². The lowest BCUT2D eigenvalue weighted by atomic mass is 10.1. The van der Waals surface area contributed by atoms with E-state index >= 15 is 0 Å². The van der Waals surface area contributed by atoms with Crippen LogP contribution in [-0.4, -0.2) is 8.80 Å². The third kappa shape index (κ3) is 2.84. The topological polar surface area (TPSA) is 0 Å². The first-order valence-corrected chi connectivity index (χ1v) is 7.41. The second-order valence-corrected chi connectivity index (χ2v) is 5.96. The predicted molar refractivity (Wildman–Crippen MR) is 66.5 cm³/mol. The van der Waals surface area contributed by atoms with Gasteiger partial charge in [0.2, 0.25) is 0 Å². The maximum atomic E-state index is 3.90. The smallest absolute Gasteiger partial charge is 0.107 e. The van der Waals surface area contributed by atoms with Crippen molar-refractivity contribution in [2.75, 3.05) is 0 Å². The average molecular weight is 203 g/mol. The van der Waals surface area contributed by atoms with Gasteiger partial charge in [-0.3, -0.25) is 0 Å². The standard InChI is InChI=1S/C13H19Si/c1-4-6-9-12-10-7-8-11-13(12)14(3)5-2/h5,7-8,10-11H,2,4,6,9H2,1,3H3. The van der Waals surface area contributed by atoms with Gasteiger partial charge in [-0.25, -0.2) is 0 Å². The normalized spacial score (nSPS) is 10.5. The maximum Gasteiger partial charge on any atom is 0.109 e. The highest BCUT2D eigenvalue weighted by Gasteiger charge is 2.07. The summed E-state index contributed by atoms with van der Waals surface area (Å²) >= 11 is 0. The summed E-state index contributed by atoms with van der Waals surface area (Å²) in [6.07, 6.45) is 3.79. The molecule has 0 nitrogen and oxygen atoms in total. The van der Waals surface area contributed by atoms with Gasteiger partial charge in [0.25, 0.3) is 0 Å². The summed E-state index contributed by atoms with van der Waals surface area (Å²) in [7, 11) is -0.502. The van der Waals surface area contributed by atoms with Crippen LogP contribution in [0.25, 0.3) is 0 Å². The molecule has 0 aliphatic carbocycles. The molecule has 0 amide bonds. The fraction of sp³-hybridized carbons (Fsp3) is 0.385. The van der Waals surface area contributed by atoms with Crippen LogP contribution in [0, 0.1) is 0 Å². The van der Waals surface area contributed by atoms with Gasteiger partial charge in [0.1, 0.15) is 8.80 Å². The van der Waals surface area contributed by atoms with E-state index in [0.29, 0.717) is 0 Å². The number of benzene rings is 1. The van der Waals surface area contributed by atoms with Crippen molar-refractivity contribution in [3.63, 3.8) is 0 Å². The van der Waals surface area contributed by atoms with Crippen LogP contribution < -0.4 is 5.19 Å². The minimum atomic E-state index is -0.502. The van der Waals surface area contributed by atoms with E-state index in [-0.39, 0.29) is 0 Å². The number of unbranched alkanes of at least 4 members (excludes halogenated alkanes) is 1. The highest BCUT2D eigenvalue weighted by atomic mass is 28.3. The zero-order valence-corrected chi connectivity index (χ0v) is 10.2. The SMILES string of the molecule is C=C[Si](C)c1ccccc1CCCC. The molecule has 0 unspecified atom stereocenters. The van der Waals surface area contributed by atoms with Crippen LogP contribution in [0.3, 0.4) is 0 Å². The molecule has 75 valence electrons. The molecule has 0 spiro atoms. The lowest BCUT2D eigenvalue weighted by Gasteiger charge is -2.11. The first-order chi connectivity index (χ1) is 6.79. The number of aryl methyl sites for hydroxylation is 1. The van der Waals surface area contributed by atoms with Crippen LogP contribution in [-0.2, 0) is 6.42 Å². The Morgan fingerprint density at radius 3 is 2.71 bits per heavy atom. The Hall–Kier alpha value is -0.823. The summed E-state index contributed by atoms with van der Waals surface area (Å²) in [6.45, 7) is 8.46. The van der Waals surface area contributed by atoms with Gasteiger partial charge < -0.3 is 0 Å². The van der Waals surface area contributed by atoms with Crippen molar-refractivity contribution in [1.82, 2.24) is 0 Å². The Bertz CT molecular complexity index is 291. The van der Waals surface area contributed by atoms with Gasteiger partial charge in [0.15, 0.2) is 0 Å². The van der Waals surface area contributed by atoms with E-state index in [1.807, 2.05) is 0 Å². The molecule has 0 N–H and O–H groups in total. The van der Waals surface area contributed by atoms with Gasteiger partial charge in [-0.15, -0.1) is 6.58 Å². The van der Waals surface area contributed by atoms with E-state index in [2.05, 4.69) is 50.0 Å². The highest BCUT2D eigenvalue weighted by molar-refractivity contribution is 6.76. The monoisotopic (exact) mass is 203 g/mol. The van der Waals surface area contributed by atoms with Crippen molar-refractivity contribution >= 4 is 14.0 Å². The molecule has 0 atom stereocenters. The zero-order chi connectivity index (χ0) is 10.4. The van der Waals surface area contributed by atoms with E-state index in [9.17, 15) is 0 Å².